The van der Waals surface area contributed by atoms with Gasteiger partial charge in [0.2, 0.25) is 6.79 Å². The Morgan fingerprint density at radius 3 is 2.59 bits per heavy atom. The SMILES string of the molecule is Cc1noc(C)c1S(=O)(=O)Nc1ccccc1C(=O)Nc1ccc2c(c1)OCO2. The van der Waals surface area contributed by atoms with Gasteiger partial charge in [0.15, 0.2) is 22.2 Å². The molecule has 1 aliphatic rings. The molecule has 0 aliphatic carbocycles. The first-order valence-electron chi connectivity index (χ1n) is 8.61. The van der Waals surface area contributed by atoms with E-state index in [1.165, 1.54) is 26.0 Å². The van der Waals surface area contributed by atoms with Gasteiger partial charge in [-0.3, -0.25) is 9.52 Å². The molecule has 4 rings (SSSR count). The maximum absolute atomic E-state index is 12.8. The van der Waals surface area contributed by atoms with Crippen molar-refractivity contribution in [1.29, 1.82) is 0 Å². The van der Waals surface area contributed by atoms with Gasteiger partial charge in [0.25, 0.3) is 15.9 Å². The number of carbonyl (C=O) groups is 1. The number of carbonyl (C=O) groups excluding carboxylic acids is 1. The minimum Gasteiger partial charge on any atom is -0.454 e. The molecule has 2 aromatic carbocycles. The van der Waals surface area contributed by atoms with E-state index in [4.69, 9.17) is 14.0 Å². The number of nitrogens with one attached hydrogen (secondary N) is 2. The molecule has 0 radical (unpaired) electrons. The average molecular weight is 415 g/mol. The molecule has 150 valence electrons. The molecule has 1 aliphatic heterocycles. The zero-order chi connectivity index (χ0) is 20.6. The van der Waals surface area contributed by atoms with Crippen LogP contribution in [0.1, 0.15) is 21.8 Å². The van der Waals surface area contributed by atoms with Crippen LogP contribution in [0.5, 0.6) is 11.5 Å². The van der Waals surface area contributed by atoms with E-state index in [1.54, 1.807) is 30.3 Å². The molecule has 0 bridgehead atoms. The van der Waals surface area contributed by atoms with Crippen LogP contribution in [0.2, 0.25) is 0 Å². The standard InChI is InChI=1S/C19H17N3O6S/c1-11-18(12(2)28-21-11)29(24,25)22-15-6-4-3-5-14(15)19(23)20-13-7-8-16-17(9-13)27-10-26-16/h3-9,22H,10H2,1-2H3,(H,20,23). The molecule has 0 atom stereocenters. The third-order valence-electron chi connectivity index (χ3n) is 4.28. The van der Waals surface area contributed by atoms with Crippen molar-refractivity contribution in [3.8, 4) is 11.5 Å². The summed E-state index contributed by atoms with van der Waals surface area (Å²) in [5.74, 6) is 0.795. The van der Waals surface area contributed by atoms with Crippen LogP contribution >= 0.6 is 0 Å². The smallest absolute Gasteiger partial charge is 0.267 e. The van der Waals surface area contributed by atoms with E-state index in [0.717, 1.165) is 0 Å². The first-order chi connectivity index (χ1) is 13.8. The molecule has 2 N–H and O–H groups in total. The number of aryl methyl sites for hydroxylation is 2. The highest BCUT2D eigenvalue weighted by Gasteiger charge is 2.26. The maximum atomic E-state index is 12.8. The molecule has 1 aromatic heterocycles. The number of aromatic nitrogens is 1. The molecule has 0 spiro atoms. The van der Waals surface area contributed by atoms with E-state index < -0.39 is 15.9 Å². The summed E-state index contributed by atoms with van der Waals surface area (Å²) >= 11 is 0. The Balaban J connectivity index is 1.61. The minimum absolute atomic E-state index is 0.0523. The highest BCUT2D eigenvalue weighted by molar-refractivity contribution is 7.92. The molecule has 29 heavy (non-hydrogen) atoms. The molecule has 1 amide bonds. The lowest BCUT2D eigenvalue weighted by Crippen LogP contribution is -2.19. The van der Waals surface area contributed by atoms with E-state index >= 15 is 0 Å². The summed E-state index contributed by atoms with van der Waals surface area (Å²) in [7, 11) is -3.99. The van der Waals surface area contributed by atoms with Crippen molar-refractivity contribution in [3.63, 3.8) is 0 Å². The second kappa shape index (κ2) is 7.13. The molecule has 0 fully saturated rings. The number of para-hydroxylation sites is 1. The maximum Gasteiger partial charge on any atom is 0.267 e. The van der Waals surface area contributed by atoms with Gasteiger partial charge >= 0.3 is 0 Å². The first kappa shape index (κ1) is 18.8. The molecule has 0 unspecified atom stereocenters. The summed E-state index contributed by atoms with van der Waals surface area (Å²) in [6.07, 6.45) is 0. The Morgan fingerprint density at radius 1 is 1.07 bits per heavy atom. The largest absolute Gasteiger partial charge is 0.454 e. The third-order valence-corrected chi connectivity index (χ3v) is 5.89. The number of hydrogen-bond acceptors (Lipinski definition) is 7. The van der Waals surface area contributed by atoms with Gasteiger partial charge in [-0.1, -0.05) is 17.3 Å². The van der Waals surface area contributed by atoms with Crippen LogP contribution in [0, 0.1) is 13.8 Å². The Bertz CT molecular complexity index is 1180. The normalized spacial score (nSPS) is 12.6. The van der Waals surface area contributed by atoms with Crippen molar-refractivity contribution >= 4 is 27.3 Å². The topological polar surface area (TPSA) is 120 Å². The van der Waals surface area contributed by atoms with Gasteiger partial charge in [0.05, 0.1) is 11.3 Å². The van der Waals surface area contributed by atoms with Crippen LogP contribution < -0.4 is 19.5 Å². The fourth-order valence-electron chi connectivity index (χ4n) is 3.00. The molecule has 3 aromatic rings. The van der Waals surface area contributed by atoms with Crippen LogP contribution in [0.15, 0.2) is 51.9 Å². The van der Waals surface area contributed by atoms with Crippen LogP contribution in [0.25, 0.3) is 0 Å². The highest BCUT2D eigenvalue weighted by Crippen LogP contribution is 2.34. The predicted molar refractivity (Wildman–Crippen MR) is 104 cm³/mol. The quantitative estimate of drug-likeness (QED) is 0.657. The number of sulfonamides is 1. The third kappa shape index (κ3) is 3.61. The van der Waals surface area contributed by atoms with Crippen LogP contribution in [-0.4, -0.2) is 26.3 Å². The molecule has 0 saturated heterocycles. The second-order valence-corrected chi connectivity index (χ2v) is 7.95. The number of benzene rings is 2. The van der Waals surface area contributed by atoms with E-state index in [9.17, 15) is 13.2 Å². The van der Waals surface area contributed by atoms with Crippen molar-refractivity contribution in [2.75, 3.05) is 16.8 Å². The lowest BCUT2D eigenvalue weighted by Gasteiger charge is -2.13. The number of amides is 1. The minimum atomic E-state index is -3.99. The van der Waals surface area contributed by atoms with Gasteiger partial charge in [-0.15, -0.1) is 0 Å². The summed E-state index contributed by atoms with van der Waals surface area (Å²) in [6, 6.07) is 11.3. The van der Waals surface area contributed by atoms with Gasteiger partial charge in [-0.05, 0) is 38.1 Å². The number of nitrogens with zero attached hydrogens (tertiary/aromatic N) is 1. The molecule has 9 nitrogen and oxygen atoms in total. The van der Waals surface area contributed by atoms with Crippen molar-refractivity contribution in [1.82, 2.24) is 5.16 Å². The number of anilines is 2. The highest BCUT2D eigenvalue weighted by atomic mass is 32.2. The van der Waals surface area contributed by atoms with Crippen molar-refractivity contribution in [2.45, 2.75) is 18.7 Å². The van der Waals surface area contributed by atoms with Crippen molar-refractivity contribution in [3.05, 3.63) is 59.5 Å². The number of fused-ring (bicyclic) bond motifs is 1. The Hall–Kier alpha value is -3.53. The van der Waals surface area contributed by atoms with E-state index in [-0.39, 0.29) is 34.4 Å². The van der Waals surface area contributed by atoms with Crippen LogP contribution in [-0.2, 0) is 10.0 Å². The molecular weight excluding hydrogens is 398 g/mol. The van der Waals surface area contributed by atoms with Crippen molar-refractivity contribution < 1.29 is 27.2 Å². The average Bonchev–Trinajstić information content (AvgIpc) is 3.27. The van der Waals surface area contributed by atoms with E-state index in [0.29, 0.717) is 17.2 Å². The van der Waals surface area contributed by atoms with Gasteiger partial charge in [0, 0.05) is 11.8 Å². The summed E-state index contributed by atoms with van der Waals surface area (Å²) < 4.78 is 43.5. The van der Waals surface area contributed by atoms with Crippen LogP contribution in [0.4, 0.5) is 11.4 Å². The van der Waals surface area contributed by atoms with E-state index in [1.807, 2.05) is 0 Å². The number of ether oxygens (including phenoxy) is 2. The predicted octanol–water partition coefficient (Wildman–Crippen LogP) is 3.07. The number of hydrogen-bond donors (Lipinski definition) is 2. The molecule has 0 saturated carbocycles. The Kier molecular flexibility index (Phi) is 4.63. The monoisotopic (exact) mass is 415 g/mol. The first-order valence-corrected chi connectivity index (χ1v) is 10.1. The molecule has 10 heteroatoms. The number of rotatable bonds is 5. The van der Waals surface area contributed by atoms with Gasteiger partial charge in [-0.2, -0.15) is 0 Å². The molecular formula is C19H17N3O6S. The van der Waals surface area contributed by atoms with Gasteiger partial charge in [-0.25, -0.2) is 8.42 Å². The summed E-state index contributed by atoms with van der Waals surface area (Å²) in [4.78, 5) is 12.7. The van der Waals surface area contributed by atoms with Gasteiger partial charge < -0.3 is 19.3 Å². The van der Waals surface area contributed by atoms with Crippen molar-refractivity contribution in [2.24, 2.45) is 0 Å². The zero-order valence-corrected chi connectivity index (χ0v) is 16.4. The fraction of sp³-hybridized carbons (Fsp3) is 0.158. The Labute approximate surface area is 166 Å². The lowest BCUT2D eigenvalue weighted by atomic mass is 10.1. The fourth-order valence-corrected chi connectivity index (χ4v) is 4.41. The lowest BCUT2D eigenvalue weighted by molar-refractivity contribution is 0.102. The van der Waals surface area contributed by atoms with Gasteiger partial charge in [0.1, 0.15) is 5.69 Å². The zero-order valence-electron chi connectivity index (χ0n) is 15.6. The Morgan fingerprint density at radius 2 is 1.83 bits per heavy atom. The summed E-state index contributed by atoms with van der Waals surface area (Å²) in [6.45, 7) is 3.16. The summed E-state index contributed by atoms with van der Waals surface area (Å²) in [5, 5.41) is 6.40. The van der Waals surface area contributed by atoms with E-state index in [2.05, 4.69) is 15.2 Å². The molecule has 2 heterocycles. The second-order valence-electron chi connectivity index (χ2n) is 6.33. The van der Waals surface area contributed by atoms with Crippen LogP contribution in [0.3, 0.4) is 0 Å². The summed E-state index contributed by atoms with van der Waals surface area (Å²) in [5.41, 5.74) is 1.01.